The van der Waals surface area contributed by atoms with Gasteiger partial charge in [-0.3, -0.25) is 9.59 Å². The van der Waals surface area contributed by atoms with Crippen LogP contribution in [0.5, 0.6) is 0 Å². The second-order valence-electron chi connectivity index (χ2n) is 5.72. The van der Waals surface area contributed by atoms with Gasteiger partial charge in [0, 0.05) is 13.0 Å². The Balaban J connectivity index is 1.87. The molecular formula is C14H23NO4. The number of carboxylic acids is 1. The fraction of sp³-hybridized carbons (Fsp3) is 0.857. The lowest BCUT2D eigenvalue weighted by Gasteiger charge is -2.28. The van der Waals surface area contributed by atoms with Gasteiger partial charge < -0.3 is 15.2 Å². The SMILES string of the molecule is COC1CCCC1NC(=O)C1CCCC(C(=O)O)C1. The Kier molecular flexibility index (Phi) is 4.80. The van der Waals surface area contributed by atoms with E-state index >= 15 is 0 Å². The third kappa shape index (κ3) is 3.47. The minimum atomic E-state index is -0.770. The van der Waals surface area contributed by atoms with Crippen molar-refractivity contribution in [2.45, 2.75) is 57.1 Å². The van der Waals surface area contributed by atoms with Gasteiger partial charge in [0.15, 0.2) is 0 Å². The number of carbonyl (C=O) groups excluding carboxylic acids is 1. The van der Waals surface area contributed by atoms with Gasteiger partial charge in [-0.25, -0.2) is 0 Å². The number of ether oxygens (including phenoxy) is 1. The molecule has 0 aromatic carbocycles. The van der Waals surface area contributed by atoms with Gasteiger partial charge in [-0.2, -0.15) is 0 Å². The van der Waals surface area contributed by atoms with Crippen LogP contribution in [-0.4, -0.2) is 36.2 Å². The number of aliphatic carboxylic acids is 1. The van der Waals surface area contributed by atoms with Gasteiger partial charge in [0.25, 0.3) is 0 Å². The second kappa shape index (κ2) is 6.37. The van der Waals surface area contributed by atoms with Crippen LogP contribution in [-0.2, 0) is 14.3 Å². The molecule has 2 fully saturated rings. The molecule has 0 saturated heterocycles. The van der Waals surface area contributed by atoms with E-state index in [9.17, 15) is 9.59 Å². The van der Waals surface area contributed by atoms with Crippen LogP contribution in [0.1, 0.15) is 44.9 Å². The van der Waals surface area contributed by atoms with Crippen molar-refractivity contribution in [3.63, 3.8) is 0 Å². The van der Waals surface area contributed by atoms with Gasteiger partial charge in [0.2, 0.25) is 5.91 Å². The minimum absolute atomic E-state index is 0.0138. The van der Waals surface area contributed by atoms with Crippen LogP contribution in [0.3, 0.4) is 0 Å². The Labute approximate surface area is 113 Å². The van der Waals surface area contributed by atoms with Crippen molar-refractivity contribution < 1.29 is 19.4 Å². The number of carbonyl (C=O) groups is 2. The molecule has 0 aromatic heterocycles. The van der Waals surface area contributed by atoms with Crippen LogP contribution in [0.25, 0.3) is 0 Å². The van der Waals surface area contributed by atoms with E-state index in [0.717, 1.165) is 32.1 Å². The average Bonchev–Trinajstić information content (AvgIpc) is 2.86. The van der Waals surface area contributed by atoms with Crippen LogP contribution in [0.15, 0.2) is 0 Å². The number of carboxylic acid groups (broad SMARTS) is 1. The highest BCUT2D eigenvalue weighted by Crippen LogP contribution is 2.30. The predicted molar refractivity (Wildman–Crippen MR) is 69.7 cm³/mol. The van der Waals surface area contributed by atoms with Crippen molar-refractivity contribution in [2.24, 2.45) is 11.8 Å². The summed E-state index contributed by atoms with van der Waals surface area (Å²) in [5.41, 5.74) is 0. The highest BCUT2D eigenvalue weighted by atomic mass is 16.5. The Bertz CT molecular complexity index is 344. The van der Waals surface area contributed by atoms with Crippen molar-refractivity contribution in [3.8, 4) is 0 Å². The van der Waals surface area contributed by atoms with Gasteiger partial charge in [-0.15, -0.1) is 0 Å². The summed E-state index contributed by atoms with van der Waals surface area (Å²) < 4.78 is 5.36. The van der Waals surface area contributed by atoms with Crippen molar-refractivity contribution >= 4 is 11.9 Å². The van der Waals surface area contributed by atoms with Crippen molar-refractivity contribution in [1.82, 2.24) is 5.32 Å². The summed E-state index contributed by atoms with van der Waals surface area (Å²) in [5, 5.41) is 12.1. The summed E-state index contributed by atoms with van der Waals surface area (Å²) in [4.78, 5) is 23.2. The molecule has 1 amide bonds. The lowest BCUT2D eigenvalue weighted by atomic mass is 9.81. The summed E-state index contributed by atoms with van der Waals surface area (Å²) in [6.07, 6.45) is 5.94. The number of rotatable bonds is 4. The van der Waals surface area contributed by atoms with E-state index in [1.807, 2.05) is 0 Å². The number of hydrogen-bond acceptors (Lipinski definition) is 3. The van der Waals surface area contributed by atoms with Crippen LogP contribution in [0.4, 0.5) is 0 Å². The standard InChI is InChI=1S/C14H23NO4/c1-19-12-7-3-6-11(12)15-13(16)9-4-2-5-10(8-9)14(17)18/h9-12H,2-8H2,1H3,(H,15,16)(H,17,18). The predicted octanol–water partition coefficient (Wildman–Crippen LogP) is 1.56. The molecular weight excluding hydrogens is 246 g/mol. The molecule has 0 radical (unpaired) electrons. The largest absolute Gasteiger partial charge is 0.481 e. The van der Waals surface area contributed by atoms with Crippen molar-refractivity contribution in [3.05, 3.63) is 0 Å². The number of hydrogen-bond donors (Lipinski definition) is 2. The maximum atomic E-state index is 12.2. The highest BCUT2D eigenvalue weighted by Gasteiger charge is 2.34. The molecule has 0 aromatic rings. The smallest absolute Gasteiger partial charge is 0.306 e. The van der Waals surface area contributed by atoms with E-state index in [-0.39, 0.29) is 29.9 Å². The van der Waals surface area contributed by atoms with Gasteiger partial charge in [-0.1, -0.05) is 6.42 Å². The fourth-order valence-corrected chi connectivity index (χ4v) is 3.33. The Hall–Kier alpha value is -1.10. The molecule has 2 aliphatic rings. The number of amides is 1. The molecule has 2 saturated carbocycles. The normalized spacial score (nSPS) is 35.0. The summed E-state index contributed by atoms with van der Waals surface area (Å²) in [5.74, 6) is -1.26. The lowest BCUT2D eigenvalue weighted by molar-refractivity contribution is -0.144. The molecule has 0 heterocycles. The summed E-state index contributed by atoms with van der Waals surface area (Å²) in [6.45, 7) is 0. The zero-order valence-corrected chi connectivity index (χ0v) is 11.4. The van der Waals surface area contributed by atoms with Gasteiger partial charge in [0.1, 0.15) is 0 Å². The number of nitrogens with one attached hydrogen (secondary N) is 1. The molecule has 0 bridgehead atoms. The maximum absolute atomic E-state index is 12.2. The van der Waals surface area contributed by atoms with Crippen molar-refractivity contribution in [1.29, 1.82) is 0 Å². The van der Waals surface area contributed by atoms with E-state index in [0.29, 0.717) is 12.8 Å². The Morgan fingerprint density at radius 1 is 1.11 bits per heavy atom. The molecule has 2 N–H and O–H groups in total. The molecule has 4 atom stereocenters. The third-order valence-corrected chi connectivity index (χ3v) is 4.48. The Morgan fingerprint density at radius 2 is 1.79 bits per heavy atom. The first-order valence-corrected chi connectivity index (χ1v) is 7.17. The van der Waals surface area contributed by atoms with E-state index in [2.05, 4.69) is 5.32 Å². The molecule has 0 aliphatic heterocycles. The van der Waals surface area contributed by atoms with E-state index in [1.54, 1.807) is 7.11 Å². The first kappa shape index (κ1) is 14.3. The topological polar surface area (TPSA) is 75.6 Å². The van der Waals surface area contributed by atoms with Gasteiger partial charge in [-0.05, 0) is 38.5 Å². The third-order valence-electron chi connectivity index (χ3n) is 4.48. The molecule has 5 heteroatoms. The van der Waals surface area contributed by atoms with E-state index in [1.165, 1.54) is 0 Å². The lowest BCUT2D eigenvalue weighted by Crippen LogP contribution is -2.44. The molecule has 5 nitrogen and oxygen atoms in total. The molecule has 108 valence electrons. The highest BCUT2D eigenvalue weighted by molar-refractivity contribution is 5.80. The summed E-state index contributed by atoms with van der Waals surface area (Å²) >= 11 is 0. The second-order valence-corrected chi connectivity index (χ2v) is 5.72. The molecule has 2 aliphatic carbocycles. The van der Waals surface area contributed by atoms with Gasteiger partial charge >= 0.3 is 5.97 Å². The molecule has 2 rings (SSSR count). The zero-order valence-electron chi connectivity index (χ0n) is 11.4. The fourth-order valence-electron chi connectivity index (χ4n) is 3.33. The maximum Gasteiger partial charge on any atom is 0.306 e. The molecule has 4 unspecified atom stereocenters. The van der Waals surface area contributed by atoms with Gasteiger partial charge in [0.05, 0.1) is 18.1 Å². The quantitative estimate of drug-likeness (QED) is 0.812. The van der Waals surface area contributed by atoms with Crippen LogP contribution in [0, 0.1) is 11.8 Å². The first-order valence-electron chi connectivity index (χ1n) is 7.17. The van der Waals surface area contributed by atoms with Crippen LogP contribution < -0.4 is 5.32 Å². The van der Waals surface area contributed by atoms with E-state index in [4.69, 9.17) is 9.84 Å². The summed E-state index contributed by atoms with van der Waals surface area (Å²) in [7, 11) is 1.68. The minimum Gasteiger partial charge on any atom is -0.481 e. The Morgan fingerprint density at radius 3 is 2.47 bits per heavy atom. The average molecular weight is 269 g/mol. The number of methoxy groups -OCH3 is 1. The van der Waals surface area contributed by atoms with Crippen molar-refractivity contribution in [2.75, 3.05) is 7.11 Å². The van der Waals surface area contributed by atoms with Crippen LogP contribution >= 0.6 is 0 Å². The van der Waals surface area contributed by atoms with Crippen LogP contribution in [0.2, 0.25) is 0 Å². The van der Waals surface area contributed by atoms with E-state index < -0.39 is 5.97 Å². The molecule has 19 heavy (non-hydrogen) atoms. The first-order chi connectivity index (χ1) is 9.11. The zero-order chi connectivity index (χ0) is 13.8. The molecule has 0 spiro atoms. The summed E-state index contributed by atoms with van der Waals surface area (Å²) in [6, 6.07) is 0.0997. The monoisotopic (exact) mass is 269 g/mol.